The van der Waals surface area contributed by atoms with E-state index in [4.69, 9.17) is 0 Å². The third-order valence-electron chi connectivity index (χ3n) is 3.73. The molecule has 0 saturated carbocycles. The minimum absolute atomic E-state index is 0.124. The van der Waals surface area contributed by atoms with Crippen molar-refractivity contribution in [3.63, 3.8) is 0 Å². The number of β-amino-alcohol motifs (C(OH)–C–C–N with tert-alkyl or cyclic N) is 1. The minimum atomic E-state index is -0.124. The summed E-state index contributed by atoms with van der Waals surface area (Å²) < 4.78 is 0. The molecule has 0 aliphatic carbocycles. The second kappa shape index (κ2) is 4.60. The van der Waals surface area contributed by atoms with Gasteiger partial charge in [0.2, 0.25) is 0 Å². The molecule has 2 saturated heterocycles. The Labute approximate surface area is 86.5 Å². The Morgan fingerprint density at radius 3 is 3.00 bits per heavy atom. The lowest BCUT2D eigenvalue weighted by Gasteiger charge is -2.35. The van der Waals surface area contributed by atoms with Crippen molar-refractivity contribution in [2.24, 2.45) is 11.8 Å². The van der Waals surface area contributed by atoms with Gasteiger partial charge in [0.15, 0.2) is 0 Å². The first kappa shape index (κ1) is 10.4. The molecule has 0 amide bonds. The molecule has 0 aromatic rings. The molecular weight excluding hydrogens is 176 g/mol. The molecule has 3 atom stereocenters. The van der Waals surface area contributed by atoms with E-state index in [1.807, 2.05) is 0 Å². The average molecular weight is 198 g/mol. The lowest BCUT2D eigenvalue weighted by molar-refractivity contribution is 0.0730. The predicted octanol–water partition coefficient (Wildman–Crippen LogP) is 0.299. The minimum Gasteiger partial charge on any atom is -0.392 e. The second-order valence-corrected chi connectivity index (χ2v) is 4.79. The number of hydrogen-bond donors (Lipinski definition) is 2. The quantitative estimate of drug-likeness (QED) is 0.684. The molecule has 0 spiro atoms. The van der Waals surface area contributed by atoms with Crippen LogP contribution in [0, 0.1) is 11.8 Å². The Morgan fingerprint density at radius 2 is 2.21 bits per heavy atom. The van der Waals surface area contributed by atoms with Crippen LogP contribution in [0.25, 0.3) is 0 Å². The van der Waals surface area contributed by atoms with Gasteiger partial charge in [0.05, 0.1) is 6.10 Å². The number of hydrogen-bond acceptors (Lipinski definition) is 3. The molecule has 0 radical (unpaired) electrons. The van der Waals surface area contributed by atoms with Crippen LogP contribution in [0.5, 0.6) is 0 Å². The van der Waals surface area contributed by atoms with E-state index < -0.39 is 0 Å². The molecule has 2 N–H and O–H groups in total. The SMILES string of the molecule is CC[C@H](O)CN1CCC2CNCC2C1. The van der Waals surface area contributed by atoms with Gasteiger partial charge >= 0.3 is 0 Å². The number of likely N-dealkylation sites (tertiary alicyclic amines) is 1. The molecule has 2 unspecified atom stereocenters. The van der Waals surface area contributed by atoms with Crippen molar-refractivity contribution in [2.45, 2.75) is 25.9 Å². The zero-order valence-electron chi connectivity index (χ0n) is 9.08. The van der Waals surface area contributed by atoms with Crippen LogP contribution in [0.1, 0.15) is 19.8 Å². The molecule has 3 heteroatoms. The van der Waals surface area contributed by atoms with Crippen molar-refractivity contribution in [2.75, 3.05) is 32.7 Å². The van der Waals surface area contributed by atoms with Crippen LogP contribution < -0.4 is 5.32 Å². The van der Waals surface area contributed by atoms with Crippen LogP contribution in [-0.2, 0) is 0 Å². The highest BCUT2D eigenvalue weighted by atomic mass is 16.3. The molecule has 3 nitrogen and oxygen atoms in total. The van der Waals surface area contributed by atoms with Crippen LogP contribution in [0.2, 0.25) is 0 Å². The summed E-state index contributed by atoms with van der Waals surface area (Å²) in [7, 11) is 0. The average Bonchev–Trinajstić information content (AvgIpc) is 2.64. The van der Waals surface area contributed by atoms with Gasteiger partial charge in [-0.15, -0.1) is 0 Å². The summed E-state index contributed by atoms with van der Waals surface area (Å²) in [4.78, 5) is 2.43. The first-order valence-electron chi connectivity index (χ1n) is 5.90. The van der Waals surface area contributed by atoms with E-state index >= 15 is 0 Å². The molecule has 14 heavy (non-hydrogen) atoms. The molecular formula is C11H22N2O. The lowest BCUT2D eigenvalue weighted by atomic mass is 9.88. The number of fused-ring (bicyclic) bond motifs is 1. The number of piperidine rings is 1. The van der Waals surface area contributed by atoms with Crippen molar-refractivity contribution in [1.82, 2.24) is 10.2 Å². The van der Waals surface area contributed by atoms with E-state index in [-0.39, 0.29) is 6.10 Å². The van der Waals surface area contributed by atoms with Gasteiger partial charge in [-0.3, -0.25) is 0 Å². The molecule has 0 bridgehead atoms. The van der Waals surface area contributed by atoms with Crippen LogP contribution in [0.3, 0.4) is 0 Å². The highest BCUT2D eigenvalue weighted by Gasteiger charge is 2.32. The highest BCUT2D eigenvalue weighted by Crippen LogP contribution is 2.26. The number of aliphatic hydroxyl groups excluding tert-OH is 1. The molecule has 2 heterocycles. The van der Waals surface area contributed by atoms with Crippen LogP contribution in [0.4, 0.5) is 0 Å². The van der Waals surface area contributed by atoms with Crippen molar-refractivity contribution < 1.29 is 5.11 Å². The monoisotopic (exact) mass is 198 g/mol. The summed E-state index contributed by atoms with van der Waals surface area (Å²) in [6, 6.07) is 0. The number of nitrogens with one attached hydrogen (secondary N) is 1. The Balaban J connectivity index is 1.79. The van der Waals surface area contributed by atoms with E-state index in [1.165, 1.54) is 32.6 Å². The molecule has 2 aliphatic heterocycles. The van der Waals surface area contributed by atoms with E-state index in [9.17, 15) is 5.11 Å². The van der Waals surface area contributed by atoms with Gasteiger partial charge < -0.3 is 15.3 Å². The standard InChI is InChI=1S/C11H22N2O/c1-2-11(14)8-13-4-3-9-5-12-6-10(9)7-13/h9-12,14H,2-8H2,1H3/t9?,10?,11-/m0/s1. The molecule has 82 valence electrons. The van der Waals surface area contributed by atoms with Gasteiger partial charge in [0.25, 0.3) is 0 Å². The Bertz CT molecular complexity index is 186. The first-order chi connectivity index (χ1) is 6.79. The van der Waals surface area contributed by atoms with Crippen molar-refractivity contribution >= 4 is 0 Å². The molecule has 0 aromatic heterocycles. The van der Waals surface area contributed by atoms with Gasteiger partial charge in [-0.2, -0.15) is 0 Å². The number of nitrogens with zero attached hydrogens (tertiary/aromatic N) is 1. The molecule has 2 aliphatic rings. The zero-order valence-corrected chi connectivity index (χ0v) is 9.08. The third kappa shape index (κ3) is 2.27. The summed E-state index contributed by atoms with van der Waals surface area (Å²) in [5.74, 6) is 1.75. The summed E-state index contributed by atoms with van der Waals surface area (Å²) >= 11 is 0. The van der Waals surface area contributed by atoms with Gasteiger partial charge in [-0.25, -0.2) is 0 Å². The van der Waals surface area contributed by atoms with Gasteiger partial charge in [-0.1, -0.05) is 6.92 Å². The summed E-state index contributed by atoms with van der Waals surface area (Å²) in [5, 5.41) is 13.1. The maximum atomic E-state index is 9.59. The second-order valence-electron chi connectivity index (χ2n) is 4.79. The fourth-order valence-electron chi connectivity index (χ4n) is 2.70. The Kier molecular flexibility index (Phi) is 3.42. The van der Waals surface area contributed by atoms with Gasteiger partial charge in [0, 0.05) is 13.1 Å². The van der Waals surface area contributed by atoms with Crippen molar-refractivity contribution in [1.29, 1.82) is 0 Å². The Hall–Kier alpha value is -0.120. The number of aliphatic hydroxyl groups is 1. The van der Waals surface area contributed by atoms with E-state index in [2.05, 4.69) is 17.1 Å². The van der Waals surface area contributed by atoms with E-state index in [0.717, 1.165) is 24.8 Å². The van der Waals surface area contributed by atoms with Gasteiger partial charge in [0.1, 0.15) is 0 Å². The first-order valence-corrected chi connectivity index (χ1v) is 5.90. The van der Waals surface area contributed by atoms with E-state index in [1.54, 1.807) is 0 Å². The normalized spacial score (nSPS) is 35.6. The fraction of sp³-hybridized carbons (Fsp3) is 1.00. The van der Waals surface area contributed by atoms with Crippen molar-refractivity contribution in [3.8, 4) is 0 Å². The lowest BCUT2D eigenvalue weighted by Crippen LogP contribution is -2.43. The molecule has 0 aromatic carbocycles. The maximum absolute atomic E-state index is 9.59. The predicted molar refractivity (Wildman–Crippen MR) is 57.2 cm³/mol. The van der Waals surface area contributed by atoms with Crippen LogP contribution in [-0.4, -0.2) is 48.8 Å². The van der Waals surface area contributed by atoms with Gasteiger partial charge in [-0.05, 0) is 44.3 Å². The van der Waals surface area contributed by atoms with Crippen molar-refractivity contribution in [3.05, 3.63) is 0 Å². The number of rotatable bonds is 3. The topological polar surface area (TPSA) is 35.5 Å². The van der Waals surface area contributed by atoms with E-state index in [0.29, 0.717) is 0 Å². The largest absolute Gasteiger partial charge is 0.392 e. The zero-order chi connectivity index (χ0) is 9.97. The highest BCUT2D eigenvalue weighted by molar-refractivity contribution is 4.88. The maximum Gasteiger partial charge on any atom is 0.0664 e. The third-order valence-corrected chi connectivity index (χ3v) is 3.73. The summed E-state index contributed by atoms with van der Waals surface area (Å²) in [6.07, 6.45) is 2.07. The molecule has 2 rings (SSSR count). The Morgan fingerprint density at radius 1 is 1.43 bits per heavy atom. The van der Waals surface area contributed by atoms with Crippen LogP contribution in [0.15, 0.2) is 0 Å². The molecule has 2 fully saturated rings. The smallest absolute Gasteiger partial charge is 0.0664 e. The summed E-state index contributed by atoms with van der Waals surface area (Å²) in [6.45, 7) is 7.70. The summed E-state index contributed by atoms with van der Waals surface area (Å²) in [5.41, 5.74) is 0. The fourth-order valence-corrected chi connectivity index (χ4v) is 2.70. The van der Waals surface area contributed by atoms with Crippen LogP contribution >= 0.6 is 0 Å².